The number of pyridine rings is 2. The van der Waals surface area contributed by atoms with Gasteiger partial charge in [0.15, 0.2) is 0 Å². The van der Waals surface area contributed by atoms with Gasteiger partial charge in [0, 0.05) is 36.2 Å². The van der Waals surface area contributed by atoms with E-state index in [-0.39, 0.29) is 0 Å². The van der Waals surface area contributed by atoms with E-state index >= 15 is 0 Å². The second-order valence-corrected chi connectivity index (χ2v) is 5.18. The zero-order valence-corrected chi connectivity index (χ0v) is 12.2. The van der Waals surface area contributed by atoms with Gasteiger partial charge in [-0.1, -0.05) is 18.2 Å². The van der Waals surface area contributed by atoms with Crippen LogP contribution in [0.1, 0.15) is 23.6 Å². The van der Waals surface area contributed by atoms with Crippen molar-refractivity contribution in [2.75, 3.05) is 7.05 Å². The molecule has 1 aromatic carbocycles. The minimum Gasteiger partial charge on any atom is -0.313 e. The standard InChI is InChI=1S/C18H19N3/c1-19-18(6-5-14-7-10-20-11-8-14)16-4-2-3-15-9-12-21-13-17(15)16/h2-4,7-13,18-19H,5-6H2,1H3. The first-order valence-electron chi connectivity index (χ1n) is 7.27. The minimum absolute atomic E-state index is 0.325. The van der Waals surface area contributed by atoms with Crippen molar-refractivity contribution in [1.29, 1.82) is 0 Å². The van der Waals surface area contributed by atoms with Crippen molar-refractivity contribution in [3.05, 3.63) is 72.3 Å². The van der Waals surface area contributed by atoms with E-state index in [1.54, 1.807) is 0 Å². The van der Waals surface area contributed by atoms with E-state index in [2.05, 4.69) is 51.7 Å². The highest BCUT2D eigenvalue weighted by molar-refractivity contribution is 5.85. The number of fused-ring (bicyclic) bond motifs is 1. The molecule has 0 aliphatic rings. The van der Waals surface area contributed by atoms with Crippen molar-refractivity contribution in [2.45, 2.75) is 18.9 Å². The molecule has 1 unspecified atom stereocenters. The van der Waals surface area contributed by atoms with E-state index in [4.69, 9.17) is 0 Å². The first-order valence-corrected chi connectivity index (χ1v) is 7.27. The van der Waals surface area contributed by atoms with Crippen LogP contribution in [0.15, 0.2) is 61.2 Å². The van der Waals surface area contributed by atoms with E-state index in [9.17, 15) is 0 Å². The average molecular weight is 277 g/mol. The zero-order chi connectivity index (χ0) is 14.5. The maximum atomic E-state index is 4.27. The number of nitrogens with zero attached hydrogens (tertiary/aromatic N) is 2. The molecule has 21 heavy (non-hydrogen) atoms. The molecule has 3 heteroatoms. The van der Waals surface area contributed by atoms with Gasteiger partial charge in [-0.2, -0.15) is 0 Å². The topological polar surface area (TPSA) is 37.8 Å². The fourth-order valence-electron chi connectivity index (χ4n) is 2.76. The second kappa shape index (κ2) is 6.46. The Bertz CT molecular complexity index is 704. The molecule has 0 fully saturated rings. The molecule has 3 rings (SSSR count). The Morgan fingerprint density at radius 1 is 1.00 bits per heavy atom. The largest absolute Gasteiger partial charge is 0.313 e. The summed E-state index contributed by atoms with van der Waals surface area (Å²) >= 11 is 0. The van der Waals surface area contributed by atoms with E-state index in [0.29, 0.717) is 6.04 Å². The number of hydrogen-bond acceptors (Lipinski definition) is 3. The van der Waals surface area contributed by atoms with Crippen molar-refractivity contribution in [1.82, 2.24) is 15.3 Å². The van der Waals surface area contributed by atoms with Gasteiger partial charge in [0.05, 0.1) is 0 Å². The molecule has 0 amide bonds. The van der Waals surface area contributed by atoms with Crippen LogP contribution in [0.25, 0.3) is 10.8 Å². The summed E-state index contributed by atoms with van der Waals surface area (Å²) in [5.41, 5.74) is 2.64. The van der Waals surface area contributed by atoms with Crippen LogP contribution in [0.3, 0.4) is 0 Å². The van der Waals surface area contributed by atoms with Crippen molar-refractivity contribution < 1.29 is 0 Å². The molecular weight excluding hydrogens is 258 g/mol. The van der Waals surface area contributed by atoms with Crippen LogP contribution in [-0.4, -0.2) is 17.0 Å². The third-order valence-electron chi connectivity index (χ3n) is 3.91. The van der Waals surface area contributed by atoms with Gasteiger partial charge in [-0.25, -0.2) is 0 Å². The highest BCUT2D eigenvalue weighted by atomic mass is 14.9. The summed E-state index contributed by atoms with van der Waals surface area (Å²) in [7, 11) is 2.02. The molecule has 0 spiro atoms. The van der Waals surface area contributed by atoms with Crippen molar-refractivity contribution in [2.24, 2.45) is 0 Å². The Balaban J connectivity index is 1.85. The monoisotopic (exact) mass is 277 g/mol. The SMILES string of the molecule is CNC(CCc1ccncc1)c1cccc2ccncc12. The molecule has 1 atom stereocenters. The molecular formula is C18H19N3. The molecule has 0 saturated carbocycles. The summed E-state index contributed by atoms with van der Waals surface area (Å²) in [6.45, 7) is 0. The van der Waals surface area contributed by atoms with Gasteiger partial charge < -0.3 is 5.32 Å². The molecule has 3 aromatic rings. The smallest absolute Gasteiger partial charge is 0.0349 e. The minimum atomic E-state index is 0.325. The fraction of sp³-hybridized carbons (Fsp3) is 0.222. The maximum absolute atomic E-state index is 4.27. The van der Waals surface area contributed by atoms with Gasteiger partial charge >= 0.3 is 0 Å². The molecule has 0 radical (unpaired) electrons. The molecule has 0 bridgehead atoms. The summed E-state index contributed by atoms with van der Waals surface area (Å²) in [5, 5.41) is 5.91. The summed E-state index contributed by atoms with van der Waals surface area (Å²) < 4.78 is 0. The molecule has 2 aromatic heterocycles. The lowest BCUT2D eigenvalue weighted by Gasteiger charge is -2.18. The molecule has 3 nitrogen and oxygen atoms in total. The number of rotatable bonds is 5. The number of aromatic nitrogens is 2. The predicted octanol–water partition coefficient (Wildman–Crippen LogP) is 3.52. The lowest BCUT2D eigenvalue weighted by Crippen LogP contribution is -2.17. The maximum Gasteiger partial charge on any atom is 0.0349 e. The summed E-state index contributed by atoms with van der Waals surface area (Å²) in [6.07, 6.45) is 9.59. The van der Waals surface area contributed by atoms with Crippen LogP contribution < -0.4 is 5.32 Å². The van der Waals surface area contributed by atoms with E-state index in [1.165, 1.54) is 21.9 Å². The van der Waals surface area contributed by atoms with Gasteiger partial charge in [-0.05, 0) is 54.6 Å². The second-order valence-electron chi connectivity index (χ2n) is 5.18. The Hall–Kier alpha value is -2.26. The van der Waals surface area contributed by atoms with Gasteiger partial charge in [0.1, 0.15) is 0 Å². The normalized spacial score (nSPS) is 12.4. The average Bonchev–Trinajstić information content (AvgIpc) is 2.56. The Kier molecular flexibility index (Phi) is 4.22. The molecule has 0 aliphatic heterocycles. The van der Waals surface area contributed by atoms with Crippen LogP contribution in [0.2, 0.25) is 0 Å². The first kappa shape index (κ1) is 13.7. The zero-order valence-electron chi connectivity index (χ0n) is 12.2. The summed E-state index contributed by atoms with van der Waals surface area (Å²) in [5.74, 6) is 0. The number of hydrogen-bond donors (Lipinski definition) is 1. The quantitative estimate of drug-likeness (QED) is 0.775. The molecule has 2 heterocycles. The van der Waals surface area contributed by atoms with Gasteiger partial charge in [0.2, 0.25) is 0 Å². The Morgan fingerprint density at radius 3 is 2.62 bits per heavy atom. The van der Waals surface area contributed by atoms with Gasteiger partial charge in [-0.15, -0.1) is 0 Å². The van der Waals surface area contributed by atoms with Crippen molar-refractivity contribution >= 4 is 10.8 Å². The molecule has 106 valence electrons. The molecule has 0 saturated heterocycles. The van der Waals surface area contributed by atoms with Crippen LogP contribution >= 0.6 is 0 Å². The molecule has 0 aliphatic carbocycles. The number of nitrogens with one attached hydrogen (secondary N) is 1. The van der Waals surface area contributed by atoms with Crippen molar-refractivity contribution in [3.8, 4) is 0 Å². The van der Waals surface area contributed by atoms with Crippen LogP contribution in [0.4, 0.5) is 0 Å². The third-order valence-corrected chi connectivity index (χ3v) is 3.91. The lowest BCUT2D eigenvalue weighted by molar-refractivity contribution is 0.552. The van der Waals surface area contributed by atoms with E-state index < -0.39 is 0 Å². The summed E-state index contributed by atoms with van der Waals surface area (Å²) in [4.78, 5) is 8.34. The van der Waals surface area contributed by atoms with Gasteiger partial charge in [-0.3, -0.25) is 9.97 Å². The third kappa shape index (κ3) is 3.09. The Morgan fingerprint density at radius 2 is 1.81 bits per heavy atom. The fourth-order valence-corrected chi connectivity index (χ4v) is 2.76. The van der Waals surface area contributed by atoms with E-state index in [1.807, 2.05) is 31.8 Å². The molecule has 1 N–H and O–H groups in total. The number of benzene rings is 1. The first-order chi connectivity index (χ1) is 10.4. The summed E-state index contributed by atoms with van der Waals surface area (Å²) in [6, 6.07) is 13.0. The van der Waals surface area contributed by atoms with Gasteiger partial charge in [0.25, 0.3) is 0 Å². The van der Waals surface area contributed by atoms with Crippen LogP contribution in [0, 0.1) is 0 Å². The highest BCUT2D eigenvalue weighted by Gasteiger charge is 2.12. The van der Waals surface area contributed by atoms with Crippen LogP contribution in [0.5, 0.6) is 0 Å². The van der Waals surface area contributed by atoms with Crippen LogP contribution in [-0.2, 0) is 6.42 Å². The number of aryl methyl sites for hydroxylation is 1. The Labute approximate surface area is 125 Å². The van der Waals surface area contributed by atoms with Crippen molar-refractivity contribution in [3.63, 3.8) is 0 Å². The predicted molar refractivity (Wildman–Crippen MR) is 86.1 cm³/mol. The van der Waals surface area contributed by atoms with E-state index in [0.717, 1.165) is 12.8 Å². The lowest BCUT2D eigenvalue weighted by atomic mass is 9.95. The highest BCUT2D eigenvalue weighted by Crippen LogP contribution is 2.26.